The standard InChI is InChI=1S/C17H25N3O3S/c1-9(2)23-17(22)11(4)20-13(8-19(6)7)18-15-14(16(20)21)10(3)12(5)24-15/h9,11H,8H2,1-7H3. The number of aromatic nitrogens is 2. The molecule has 0 bridgehead atoms. The molecule has 1 unspecified atom stereocenters. The minimum absolute atomic E-state index is 0.174. The average molecular weight is 351 g/mol. The lowest BCUT2D eigenvalue weighted by Crippen LogP contribution is -2.35. The van der Waals surface area contributed by atoms with Crippen LogP contribution in [-0.4, -0.2) is 40.6 Å². The summed E-state index contributed by atoms with van der Waals surface area (Å²) in [7, 11) is 3.81. The second-order valence-corrected chi connectivity index (χ2v) is 7.77. The normalized spacial score (nSPS) is 13.0. The van der Waals surface area contributed by atoms with Gasteiger partial charge in [-0.15, -0.1) is 11.3 Å². The molecule has 0 aliphatic rings. The van der Waals surface area contributed by atoms with Crippen molar-refractivity contribution in [2.75, 3.05) is 14.1 Å². The Hall–Kier alpha value is -1.73. The van der Waals surface area contributed by atoms with E-state index in [4.69, 9.17) is 4.74 Å². The minimum atomic E-state index is -0.716. The molecule has 0 spiro atoms. The van der Waals surface area contributed by atoms with Gasteiger partial charge in [0.1, 0.15) is 16.7 Å². The predicted molar refractivity (Wildman–Crippen MR) is 96.7 cm³/mol. The van der Waals surface area contributed by atoms with Crippen LogP contribution in [-0.2, 0) is 16.1 Å². The van der Waals surface area contributed by atoms with Crippen LogP contribution in [0.2, 0.25) is 0 Å². The second kappa shape index (κ2) is 7.03. The maximum Gasteiger partial charge on any atom is 0.329 e. The highest BCUT2D eigenvalue weighted by atomic mass is 32.1. The zero-order valence-corrected chi connectivity index (χ0v) is 16.2. The molecule has 0 radical (unpaired) electrons. The van der Waals surface area contributed by atoms with Crippen LogP contribution in [0, 0.1) is 13.8 Å². The molecule has 24 heavy (non-hydrogen) atoms. The molecule has 2 aromatic heterocycles. The first-order valence-electron chi connectivity index (χ1n) is 7.99. The Morgan fingerprint density at radius 3 is 2.46 bits per heavy atom. The smallest absolute Gasteiger partial charge is 0.329 e. The lowest BCUT2D eigenvalue weighted by atomic mass is 10.2. The summed E-state index contributed by atoms with van der Waals surface area (Å²) in [5.41, 5.74) is 0.758. The summed E-state index contributed by atoms with van der Waals surface area (Å²) in [5.74, 6) is 0.157. The number of fused-ring (bicyclic) bond motifs is 1. The highest BCUT2D eigenvalue weighted by molar-refractivity contribution is 7.18. The van der Waals surface area contributed by atoms with Crippen molar-refractivity contribution in [3.8, 4) is 0 Å². The zero-order chi connectivity index (χ0) is 18.2. The topological polar surface area (TPSA) is 64.4 Å². The van der Waals surface area contributed by atoms with E-state index in [1.807, 2.05) is 32.8 Å². The Bertz CT molecular complexity index is 821. The van der Waals surface area contributed by atoms with E-state index in [2.05, 4.69) is 4.98 Å². The number of ether oxygens (including phenoxy) is 1. The van der Waals surface area contributed by atoms with E-state index in [9.17, 15) is 9.59 Å². The number of thiophene rings is 1. The van der Waals surface area contributed by atoms with Gasteiger partial charge < -0.3 is 9.64 Å². The lowest BCUT2D eigenvalue weighted by Gasteiger charge is -2.21. The number of aryl methyl sites for hydroxylation is 2. The predicted octanol–water partition coefficient (Wildman–Crippen LogP) is 2.65. The fraction of sp³-hybridized carbons (Fsp3) is 0.588. The monoisotopic (exact) mass is 351 g/mol. The van der Waals surface area contributed by atoms with Gasteiger partial charge in [0.05, 0.1) is 18.0 Å². The number of hydrogen-bond acceptors (Lipinski definition) is 6. The van der Waals surface area contributed by atoms with E-state index in [0.717, 1.165) is 15.3 Å². The second-order valence-electron chi connectivity index (χ2n) is 6.57. The van der Waals surface area contributed by atoms with Gasteiger partial charge in [0.25, 0.3) is 5.56 Å². The van der Waals surface area contributed by atoms with Gasteiger partial charge in [-0.2, -0.15) is 0 Å². The lowest BCUT2D eigenvalue weighted by molar-refractivity contribution is -0.151. The Kier molecular flexibility index (Phi) is 5.45. The van der Waals surface area contributed by atoms with Crippen molar-refractivity contribution in [1.82, 2.24) is 14.5 Å². The Morgan fingerprint density at radius 2 is 1.92 bits per heavy atom. The third-order valence-electron chi connectivity index (χ3n) is 3.85. The number of esters is 1. The maximum atomic E-state index is 13.1. The quantitative estimate of drug-likeness (QED) is 0.775. The van der Waals surface area contributed by atoms with Crippen LogP contribution in [0.3, 0.4) is 0 Å². The third-order valence-corrected chi connectivity index (χ3v) is 4.95. The number of carbonyl (C=O) groups excluding carboxylic acids is 1. The van der Waals surface area contributed by atoms with Gasteiger partial charge in [-0.05, 0) is 54.3 Å². The van der Waals surface area contributed by atoms with E-state index >= 15 is 0 Å². The van der Waals surface area contributed by atoms with Gasteiger partial charge in [0, 0.05) is 4.88 Å². The maximum absolute atomic E-state index is 13.1. The van der Waals surface area contributed by atoms with E-state index in [1.54, 1.807) is 20.8 Å². The molecule has 2 aromatic rings. The van der Waals surface area contributed by atoms with Crippen molar-refractivity contribution in [3.05, 3.63) is 26.6 Å². The fourth-order valence-corrected chi connectivity index (χ4v) is 3.62. The van der Waals surface area contributed by atoms with Crippen LogP contribution >= 0.6 is 11.3 Å². The molecule has 2 heterocycles. The van der Waals surface area contributed by atoms with E-state index in [0.29, 0.717) is 17.8 Å². The van der Waals surface area contributed by atoms with Crippen molar-refractivity contribution < 1.29 is 9.53 Å². The summed E-state index contributed by atoms with van der Waals surface area (Å²) in [6, 6.07) is -0.716. The summed E-state index contributed by atoms with van der Waals surface area (Å²) >= 11 is 1.51. The van der Waals surface area contributed by atoms with Gasteiger partial charge in [0.2, 0.25) is 0 Å². The van der Waals surface area contributed by atoms with Crippen molar-refractivity contribution in [2.24, 2.45) is 0 Å². The molecule has 0 saturated carbocycles. The average Bonchev–Trinajstić information content (AvgIpc) is 2.72. The summed E-state index contributed by atoms with van der Waals surface area (Å²) in [5, 5.41) is 0.601. The van der Waals surface area contributed by atoms with Crippen LogP contribution in [0.5, 0.6) is 0 Å². The van der Waals surface area contributed by atoms with E-state index < -0.39 is 12.0 Å². The van der Waals surface area contributed by atoms with Gasteiger partial charge in [-0.3, -0.25) is 9.36 Å². The molecule has 0 saturated heterocycles. The molecule has 0 aromatic carbocycles. The molecule has 1 atom stereocenters. The summed E-state index contributed by atoms with van der Waals surface area (Å²) in [6.07, 6.45) is -0.227. The molecule has 6 nitrogen and oxygen atoms in total. The largest absolute Gasteiger partial charge is 0.461 e. The number of rotatable bonds is 5. The molecule has 0 aliphatic heterocycles. The first-order chi connectivity index (χ1) is 11.1. The highest BCUT2D eigenvalue weighted by Crippen LogP contribution is 2.27. The van der Waals surface area contributed by atoms with Crippen molar-refractivity contribution in [2.45, 2.75) is 53.3 Å². The molecule has 7 heteroatoms. The Balaban J connectivity index is 2.68. The molecular weight excluding hydrogens is 326 g/mol. The van der Waals surface area contributed by atoms with Gasteiger partial charge >= 0.3 is 5.97 Å². The van der Waals surface area contributed by atoms with Gasteiger partial charge in [0.15, 0.2) is 0 Å². The number of nitrogens with zero attached hydrogens (tertiary/aromatic N) is 3. The summed E-state index contributed by atoms with van der Waals surface area (Å²) in [6.45, 7) is 9.65. The molecule has 2 rings (SSSR count). The molecule has 0 N–H and O–H groups in total. The first-order valence-corrected chi connectivity index (χ1v) is 8.81. The summed E-state index contributed by atoms with van der Waals surface area (Å²) < 4.78 is 6.77. The first kappa shape index (κ1) is 18.6. The zero-order valence-electron chi connectivity index (χ0n) is 15.3. The Labute approximate surface area is 146 Å². The number of carbonyl (C=O) groups is 1. The molecule has 0 fully saturated rings. The van der Waals surface area contributed by atoms with Gasteiger partial charge in [-0.25, -0.2) is 9.78 Å². The fourth-order valence-electron chi connectivity index (χ4n) is 2.58. The van der Waals surface area contributed by atoms with Crippen LogP contribution in [0.1, 0.15) is 43.1 Å². The molecule has 0 aliphatic carbocycles. The third kappa shape index (κ3) is 3.52. The van der Waals surface area contributed by atoms with Gasteiger partial charge in [-0.1, -0.05) is 0 Å². The molecular formula is C17H25N3O3S. The van der Waals surface area contributed by atoms with Crippen LogP contribution < -0.4 is 5.56 Å². The molecule has 132 valence electrons. The van der Waals surface area contributed by atoms with Crippen molar-refractivity contribution >= 4 is 27.5 Å². The Morgan fingerprint density at radius 1 is 1.29 bits per heavy atom. The number of hydrogen-bond donors (Lipinski definition) is 0. The SMILES string of the molecule is Cc1sc2nc(CN(C)C)n(C(C)C(=O)OC(C)C)c(=O)c2c1C. The van der Waals surface area contributed by atoms with Crippen molar-refractivity contribution in [3.63, 3.8) is 0 Å². The van der Waals surface area contributed by atoms with Crippen molar-refractivity contribution in [1.29, 1.82) is 0 Å². The van der Waals surface area contributed by atoms with E-state index in [-0.39, 0.29) is 11.7 Å². The minimum Gasteiger partial charge on any atom is -0.461 e. The van der Waals surface area contributed by atoms with E-state index in [1.165, 1.54) is 15.9 Å². The highest BCUT2D eigenvalue weighted by Gasteiger charge is 2.25. The van der Waals surface area contributed by atoms with Crippen LogP contribution in [0.15, 0.2) is 4.79 Å². The van der Waals surface area contributed by atoms with Crippen LogP contribution in [0.4, 0.5) is 0 Å². The molecule has 0 amide bonds. The van der Waals surface area contributed by atoms with Crippen LogP contribution in [0.25, 0.3) is 10.2 Å². The summed E-state index contributed by atoms with van der Waals surface area (Å²) in [4.78, 5) is 33.8.